The zero-order chi connectivity index (χ0) is 50.0. The number of rotatable bonds is 13. The Morgan fingerprint density at radius 3 is 1.46 bits per heavy atom. The number of amides is 2. The molecule has 0 spiro atoms. The van der Waals surface area contributed by atoms with Gasteiger partial charge in [-0.2, -0.15) is 36.3 Å². The average molecular weight is 1010 g/mol. The SMILES string of the molecule is CC1CN(c2nc(C(=O)Nc3cc(F)c(OC4CC5C(C4)C5C4CC5CN(c6nc(C(=O)Nc7cc(F)c(OC8CC9CC9C8)c(F)c7)c(CC(F)(F)F)o6)CC54)c(F)c3)c(CC(F)(F)F)o2)CC(C)O1. The molecule has 2 N–H and O–H groups in total. The van der Waals surface area contributed by atoms with Crippen LogP contribution in [0.25, 0.3) is 0 Å². The number of alkyl halides is 6. The third-order valence-corrected chi connectivity index (χ3v) is 15.3. The van der Waals surface area contributed by atoms with Crippen LogP contribution in [0.5, 0.6) is 11.5 Å². The number of hydrogen-bond donors (Lipinski definition) is 2. The fourth-order valence-electron chi connectivity index (χ4n) is 12.3. The van der Waals surface area contributed by atoms with Gasteiger partial charge in [0.1, 0.15) is 24.4 Å². The third kappa shape index (κ3) is 9.70. The van der Waals surface area contributed by atoms with E-state index in [4.69, 9.17) is 23.0 Å². The number of aromatic nitrogens is 2. The highest BCUT2D eigenvalue weighted by Crippen LogP contribution is 2.67. The number of anilines is 4. The highest BCUT2D eigenvalue weighted by atomic mass is 19.4. The van der Waals surface area contributed by atoms with Gasteiger partial charge in [0, 0.05) is 61.8 Å². The second-order valence-electron chi connectivity index (χ2n) is 20.5. The predicted octanol–water partition coefficient (Wildman–Crippen LogP) is 9.90. The van der Waals surface area contributed by atoms with Gasteiger partial charge in [-0.15, -0.1) is 0 Å². The number of ether oxygens (including phenoxy) is 3. The smallest absolute Gasteiger partial charge is 0.396 e. The summed E-state index contributed by atoms with van der Waals surface area (Å²) in [6, 6.07) is 2.88. The number of fused-ring (bicyclic) bond motifs is 3. The maximum Gasteiger partial charge on any atom is 0.396 e. The number of nitrogens with one attached hydrogen (secondary N) is 2. The number of benzene rings is 2. The molecule has 2 aromatic heterocycles. The summed E-state index contributed by atoms with van der Waals surface area (Å²) in [5.41, 5.74) is -2.08. The molecule has 5 aliphatic carbocycles. The number of oxazole rings is 2. The lowest BCUT2D eigenvalue weighted by molar-refractivity contribution is -0.131. The number of hydrogen-bond acceptors (Lipinski definition) is 11. The van der Waals surface area contributed by atoms with Gasteiger partial charge >= 0.3 is 12.4 Å². The molecule has 7 fully saturated rings. The van der Waals surface area contributed by atoms with Gasteiger partial charge in [-0.1, -0.05) is 0 Å². The zero-order valence-electron chi connectivity index (χ0n) is 38.1. The van der Waals surface area contributed by atoms with Crippen molar-refractivity contribution in [3.63, 3.8) is 0 Å². The van der Waals surface area contributed by atoms with E-state index in [1.54, 1.807) is 23.6 Å². The highest BCUT2D eigenvalue weighted by Gasteiger charge is 2.65. The van der Waals surface area contributed by atoms with Gasteiger partial charge in [0.05, 0.1) is 24.4 Å². The van der Waals surface area contributed by atoms with Gasteiger partial charge in [0.15, 0.2) is 46.2 Å². The maximum absolute atomic E-state index is 15.5. The molecule has 13 nitrogen and oxygen atoms in total. The topological polar surface area (TPSA) is 144 Å². The fraction of sp³-hybridized carbons (Fsp3) is 0.583. The van der Waals surface area contributed by atoms with Crippen LogP contribution < -0.4 is 29.9 Å². The molecular weight excluding hydrogens is 963 g/mol. The number of nitrogens with zero attached hydrogens (tertiary/aromatic N) is 4. The molecule has 71 heavy (non-hydrogen) atoms. The van der Waals surface area contributed by atoms with E-state index in [0.717, 1.165) is 37.1 Å². The number of halogens is 10. The van der Waals surface area contributed by atoms with E-state index >= 15 is 17.6 Å². The minimum absolute atomic E-state index is 0.139. The number of carbonyl (C=O) groups excluding carboxylic acids is 2. The van der Waals surface area contributed by atoms with Crippen LogP contribution in [-0.2, 0) is 17.6 Å². The summed E-state index contributed by atoms with van der Waals surface area (Å²) >= 11 is 0. The van der Waals surface area contributed by atoms with E-state index in [-0.39, 0.29) is 90.3 Å². The van der Waals surface area contributed by atoms with Crippen LogP contribution >= 0.6 is 0 Å². The van der Waals surface area contributed by atoms with E-state index in [0.29, 0.717) is 50.6 Å². The molecule has 4 aromatic rings. The summed E-state index contributed by atoms with van der Waals surface area (Å²) in [6.45, 7) is 4.81. The lowest BCUT2D eigenvalue weighted by Gasteiger charge is -2.41. The van der Waals surface area contributed by atoms with Crippen molar-refractivity contribution in [3.05, 3.63) is 70.4 Å². The molecule has 4 heterocycles. The first-order chi connectivity index (χ1) is 33.6. The summed E-state index contributed by atoms with van der Waals surface area (Å²) in [5, 5.41) is 4.49. The van der Waals surface area contributed by atoms with Crippen molar-refractivity contribution in [2.24, 2.45) is 47.3 Å². The molecule has 0 radical (unpaired) electrons. The second-order valence-corrected chi connectivity index (χ2v) is 20.5. The Bertz CT molecular complexity index is 2670. The molecule has 0 bridgehead atoms. The summed E-state index contributed by atoms with van der Waals surface area (Å²) in [7, 11) is 0. The van der Waals surface area contributed by atoms with Crippen LogP contribution in [0.3, 0.4) is 0 Å². The fourth-order valence-corrected chi connectivity index (χ4v) is 12.3. The standard InChI is InChI=1S/C48H48F10N6O7/c1-19-15-63(16-20(2)67-19)45-61-39(36(70-45)13-47(53,54)55)43(65)59-25-9-34(51)42(35(52)10-25)69-27-11-29-30(12-27)38(29)28-6-23-17-64(18-31(23)28)46-62-40(37(71-46)14-48(56,57)58)44(66)60-24-7-32(49)41(33(50)8-24)68-26-4-21-3-22(21)5-26/h7-10,19-23,26-31,38H,3-6,11-18H2,1-2H3,(H,59,65)(H,60,66). The molecule has 2 amide bonds. The van der Waals surface area contributed by atoms with Crippen LogP contribution in [0.2, 0.25) is 0 Å². The Labute approximate surface area is 398 Å². The molecule has 5 saturated carbocycles. The van der Waals surface area contributed by atoms with Crippen LogP contribution in [-0.4, -0.2) is 84.7 Å². The van der Waals surface area contributed by atoms with Crippen LogP contribution in [0.15, 0.2) is 33.1 Å². The van der Waals surface area contributed by atoms with Crippen molar-refractivity contribution in [2.45, 2.75) is 102 Å². The van der Waals surface area contributed by atoms with Crippen LogP contribution in [0, 0.1) is 70.6 Å². The van der Waals surface area contributed by atoms with Crippen molar-refractivity contribution < 1.29 is 76.5 Å². The average Bonchev–Trinajstić information content (AvgIpc) is 3.66. The van der Waals surface area contributed by atoms with Crippen LogP contribution in [0.4, 0.5) is 67.3 Å². The van der Waals surface area contributed by atoms with E-state index in [1.807, 2.05) is 0 Å². The van der Waals surface area contributed by atoms with E-state index in [2.05, 4.69) is 20.6 Å². The van der Waals surface area contributed by atoms with Gasteiger partial charge in [-0.05, 0) is 99.7 Å². The molecule has 11 rings (SSSR count). The maximum atomic E-state index is 15.5. The van der Waals surface area contributed by atoms with Crippen molar-refractivity contribution in [1.82, 2.24) is 9.97 Å². The van der Waals surface area contributed by atoms with Gasteiger partial charge < -0.3 is 43.5 Å². The Kier molecular flexibility index (Phi) is 11.7. The molecule has 2 aliphatic heterocycles. The summed E-state index contributed by atoms with van der Waals surface area (Å²) in [6.07, 6.45) is -9.90. The van der Waals surface area contributed by atoms with E-state index < -0.39 is 101 Å². The monoisotopic (exact) mass is 1010 g/mol. The third-order valence-electron chi connectivity index (χ3n) is 15.3. The minimum Gasteiger partial charge on any atom is -0.484 e. The van der Waals surface area contributed by atoms with Crippen LogP contribution in [0.1, 0.15) is 84.9 Å². The van der Waals surface area contributed by atoms with E-state index in [1.165, 1.54) is 0 Å². The molecule has 9 unspecified atom stereocenters. The Morgan fingerprint density at radius 1 is 0.592 bits per heavy atom. The lowest BCUT2D eigenvalue weighted by Crippen LogP contribution is -2.45. The Balaban J connectivity index is 0.695. The van der Waals surface area contributed by atoms with Gasteiger partial charge in [0.25, 0.3) is 23.8 Å². The molecule has 9 atom stereocenters. The first kappa shape index (κ1) is 47.6. The normalized spacial score (nSPS) is 30.6. The Hall–Kier alpha value is -5.74. The molecule has 23 heteroatoms. The van der Waals surface area contributed by atoms with Gasteiger partial charge in [-0.25, -0.2) is 17.6 Å². The summed E-state index contributed by atoms with van der Waals surface area (Å²) < 4.78 is 171. The summed E-state index contributed by atoms with van der Waals surface area (Å²) in [5.74, 6) is -7.22. The lowest BCUT2D eigenvalue weighted by atomic mass is 9.63. The molecule has 2 aromatic carbocycles. The van der Waals surface area contributed by atoms with Crippen molar-refractivity contribution >= 4 is 35.2 Å². The molecule has 382 valence electrons. The largest absolute Gasteiger partial charge is 0.484 e. The van der Waals surface area contributed by atoms with Gasteiger partial charge in [-0.3, -0.25) is 9.59 Å². The summed E-state index contributed by atoms with van der Waals surface area (Å²) in [4.78, 5) is 38.1. The van der Waals surface area contributed by atoms with E-state index in [9.17, 15) is 35.9 Å². The van der Waals surface area contributed by atoms with Crippen molar-refractivity contribution in [3.8, 4) is 11.5 Å². The van der Waals surface area contributed by atoms with Gasteiger partial charge in [0.2, 0.25) is 0 Å². The quantitative estimate of drug-likeness (QED) is 0.124. The molecule has 2 saturated heterocycles. The second kappa shape index (κ2) is 17.5. The predicted molar refractivity (Wildman–Crippen MR) is 230 cm³/mol. The minimum atomic E-state index is -4.77. The zero-order valence-corrected chi connectivity index (χ0v) is 38.1. The first-order valence-electron chi connectivity index (χ1n) is 23.8. The highest BCUT2D eigenvalue weighted by molar-refractivity contribution is 6.04. The van der Waals surface area contributed by atoms with Crippen molar-refractivity contribution in [2.75, 3.05) is 46.6 Å². The number of morpholine rings is 1. The van der Waals surface area contributed by atoms with Crippen molar-refractivity contribution in [1.29, 1.82) is 0 Å². The molecule has 7 aliphatic rings. The Morgan fingerprint density at radius 2 is 1.01 bits per heavy atom. The number of carbonyl (C=O) groups is 2. The first-order valence-corrected chi connectivity index (χ1v) is 23.8. The molecular formula is C48H48F10N6O7.